The first-order valence-electron chi connectivity index (χ1n) is 5.87. The number of aromatic nitrogens is 3. The number of hydrogen-bond donors (Lipinski definition) is 0. The molecular formula is C13H14BrN3O2. The van der Waals surface area contributed by atoms with E-state index < -0.39 is 0 Å². The number of rotatable bonds is 5. The molecule has 0 atom stereocenters. The van der Waals surface area contributed by atoms with Crippen LogP contribution < -0.4 is 4.74 Å². The van der Waals surface area contributed by atoms with Crippen molar-refractivity contribution in [1.29, 1.82) is 0 Å². The molecule has 0 saturated carbocycles. The fraction of sp³-hybridized carbons (Fsp3) is 0.308. The Labute approximate surface area is 119 Å². The normalized spacial score (nSPS) is 10.7. The molecule has 0 unspecified atom stereocenters. The van der Waals surface area contributed by atoms with Gasteiger partial charge < -0.3 is 4.74 Å². The topological polar surface area (TPSA) is 57.0 Å². The average molecular weight is 324 g/mol. The molecule has 0 saturated heterocycles. The summed E-state index contributed by atoms with van der Waals surface area (Å²) < 4.78 is 8.27. The minimum absolute atomic E-state index is 0.219. The van der Waals surface area contributed by atoms with E-state index in [1.165, 1.54) is 6.33 Å². The van der Waals surface area contributed by atoms with Gasteiger partial charge in [-0.25, -0.2) is 9.67 Å². The summed E-state index contributed by atoms with van der Waals surface area (Å²) >= 11 is 3.32. The summed E-state index contributed by atoms with van der Waals surface area (Å²) in [6, 6.07) is 5.52. The summed E-state index contributed by atoms with van der Waals surface area (Å²) in [5, 5.41) is 4.13. The van der Waals surface area contributed by atoms with Crippen LogP contribution in [-0.4, -0.2) is 21.1 Å². The number of aldehydes is 1. The van der Waals surface area contributed by atoms with E-state index in [9.17, 15) is 4.79 Å². The van der Waals surface area contributed by atoms with Gasteiger partial charge in [0.2, 0.25) is 0 Å². The Bertz CT molecular complexity index is 581. The van der Waals surface area contributed by atoms with Gasteiger partial charge in [-0.05, 0) is 32.0 Å². The van der Waals surface area contributed by atoms with E-state index in [1.807, 2.05) is 19.9 Å². The van der Waals surface area contributed by atoms with Crippen molar-refractivity contribution in [2.45, 2.75) is 26.5 Å². The second-order valence-corrected chi connectivity index (χ2v) is 5.22. The Morgan fingerprint density at radius 2 is 2.26 bits per heavy atom. The zero-order chi connectivity index (χ0) is 13.8. The van der Waals surface area contributed by atoms with Crippen molar-refractivity contribution in [3.05, 3.63) is 40.4 Å². The lowest BCUT2D eigenvalue weighted by Crippen LogP contribution is -2.11. The molecule has 0 radical (unpaired) electrons. The van der Waals surface area contributed by atoms with Gasteiger partial charge in [-0.2, -0.15) is 5.10 Å². The average Bonchev–Trinajstić information content (AvgIpc) is 2.85. The largest absolute Gasteiger partial charge is 0.485 e. The van der Waals surface area contributed by atoms with E-state index in [-0.39, 0.29) is 12.6 Å². The zero-order valence-electron chi connectivity index (χ0n) is 10.7. The van der Waals surface area contributed by atoms with Gasteiger partial charge in [0.05, 0.1) is 5.56 Å². The van der Waals surface area contributed by atoms with Gasteiger partial charge in [0.15, 0.2) is 12.1 Å². The molecule has 0 N–H and O–H groups in total. The molecule has 0 aliphatic heterocycles. The van der Waals surface area contributed by atoms with Crippen LogP contribution >= 0.6 is 15.9 Å². The molecular weight excluding hydrogens is 310 g/mol. The summed E-state index contributed by atoms with van der Waals surface area (Å²) in [5.41, 5.74) is 0.505. The highest BCUT2D eigenvalue weighted by atomic mass is 79.9. The van der Waals surface area contributed by atoms with Crippen LogP contribution in [0.2, 0.25) is 0 Å². The van der Waals surface area contributed by atoms with Crippen molar-refractivity contribution < 1.29 is 9.53 Å². The predicted octanol–water partition coefficient (Wildman–Crippen LogP) is 3.01. The van der Waals surface area contributed by atoms with Crippen LogP contribution in [0, 0.1) is 0 Å². The van der Waals surface area contributed by atoms with Crippen molar-refractivity contribution in [2.75, 3.05) is 0 Å². The molecule has 2 rings (SSSR count). The molecule has 1 aromatic heterocycles. The van der Waals surface area contributed by atoms with Crippen molar-refractivity contribution >= 4 is 22.2 Å². The first-order chi connectivity index (χ1) is 9.11. The van der Waals surface area contributed by atoms with E-state index in [2.05, 4.69) is 26.0 Å². The number of carbonyl (C=O) groups is 1. The highest BCUT2D eigenvalue weighted by Crippen LogP contribution is 2.22. The van der Waals surface area contributed by atoms with Crippen LogP contribution in [0.5, 0.6) is 5.75 Å². The number of carbonyl (C=O) groups excluding carboxylic acids is 1. The minimum atomic E-state index is 0.219. The summed E-state index contributed by atoms with van der Waals surface area (Å²) in [6.07, 6.45) is 2.27. The minimum Gasteiger partial charge on any atom is -0.485 e. The predicted molar refractivity (Wildman–Crippen MR) is 74.3 cm³/mol. The van der Waals surface area contributed by atoms with Gasteiger partial charge in [0, 0.05) is 10.5 Å². The third-order valence-electron chi connectivity index (χ3n) is 2.59. The second kappa shape index (κ2) is 5.97. The third kappa shape index (κ3) is 3.20. The summed E-state index contributed by atoms with van der Waals surface area (Å²) in [7, 11) is 0. The number of halogens is 1. The van der Waals surface area contributed by atoms with E-state index in [0.29, 0.717) is 11.3 Å². The van der Waals surface area contributed by atoms with E-state index >= 15 is 0 Å². The Morgan fingerprint density at radius 3 is 2.95 bits per heavy atom. The zero-order valence-corrected chi connectivity index (χ0v) is 12.3. The molecule has 0 fully saturated rings. The number of ether oxygens (including phenoxy) is 1. The Hall–Kier alpha value is -1.69. The maximum atomic E-state index is 11.0. The van der Waals surface area contributed by atoms with Gasteiger partial charge in [-0.15, -0.1) is 0 Å². The molecule has 19 heavy (non-hydrogen) atoms. The summed E-state index contributed by atoms with van der Waals surface area (Å²) in [4.78, 5) is 15.1. The number of benzene rings is 1. The van der Waals surface area contributed by atoms with E-state index in [1.54, 1.807) is 16.8 Å². The number of nitrogens with zero attached hydrogens (tertiary/aromatic N) is 3. The van der Waals surface area contributed by atoms with Crippen molar-refractivity contribution in [1.82, 2.24) is 14.8 Å². The first-order valence-corrected chi connectivity index (χ1v) is 6.67. The van der Waals surface area contributed by atoms with E-state index in [4.69, 9.17) is 4.74 Å². The summed E-state index contributed by atoms with van der Waals surface area (Å²) in [5.74, 6) is 1.27. The molecule has 6 heteroatoms. The molecule has 100 valence electrons. The molecule has 5 nitrogen and oxygen atoms in total. The monoisotopic (exact) mass is 323 g/mol. The van der Waals surface area contributed by atoms with Gasteiger partial charge in [-0.3, -0.25) is 4.79 Å². The Kier molecular flexibility index (Phi) is 4.31. The van der Waals surface area contributed by atoms with Crippen molar-refractivity contribution in [2.24, 2.45) is 0 Å². The van der Waals surface area contributed by atoms with Crippen LogP contribution in [0.3, 0.4) is 0 Å². The van der Waals surface area contributed by atoms with E-state index in [0.717, 1.165) is 16.6 Å². The van der Waals surface area contributed by atoms with Crippen LogP contribution in [-0.2, 0) is 6.61 Å². The van der Waals surface area contributed by atoms with Crippen LogP contribution in [0.4, 0.5) is 0 Å². The molecule has 0 spiro atoms. The highest BCUT2D eigenvalue weighted by molar-refractivity contribution is 9.10. The second-order valence-electron chi connectivity index (χ2n) is 4.30. The lowest BCUT2D eigenvalue weighted by Gasteiger charge is -2.11. The van der Waals surface area contributed by atoms with Crippen LogP contribution in [0.25, 0.3) is 0 Å². The van der Waals surface area contributed by atoms with Crippen LogP contribution in [0.1, 0.15) is 36.1 Å². The molecule has 0 bridgehead atoms. The lowest BCUT2D eigenvalue weighted by atomic mass is 10.2. The highest BCUT2D eigenvalue weighted by Gasteiger charge is 2.10. The first kappa shape index (κ1) is 13.7. The molecule has 0 amide bonds. The molecule has 0 aliphatic carbocycles. The van der Waals surface area contributed by atoms with Gasteiger partial charge in [0.1, 0.15) is 18.7 Å². The SMILES string of the molecule is CC(C)n1ncnc1COc1ccc(Br)cc1C=O. The fourth-order valence-electron chi connectivity index (χ4n) is 1.69. The summed E-state index contributed by atoms with van der Waals surface area (Å²) in [6.45, 7) is 4.32. The van der Waals surface area contributed by atoms with Gasteiger partial charge in [-0.1, -0.05) is 15.9 Å². The van der Waals surface area contributed by atoms with Crippen molar-refractivity contribution in [3.63, 3.8) is 0 Å². The molecule has 1 aromatic carbocycles. The Balaban J connectivity index is 2.14. The van der Waals surface area contributed by atoms with Gasteiger partial charge in [0.25, 0.3) is 0 Å². The Morgan fingerprint density at radius 1 is 1.47 bits per heavy atom. The number of hydrogen-bond acceptors (Lipinski definition) is 4. The standard InChI is InChI=1S/C13H14BrN3O2/c1-9(2)17-13(15-8-16-17)7-19-12-4-3-11(14)5-10(12)6-18/h3-6,8-9H,7H2,1-2H3. The maximum Gasteiger partial charge on any atom is 0.165 e. The fourth-order valence-corrected chi connectivity index (χ4v) is 2.07. The third-order valence-corrected chi connectivity index (χ3v) is 3.09. The smallest absolute Gasteiger partial charge is 0.165 e. The molecule has 1 heterocycles. The molecule has 0 aliphatic rings. The quantitative estimate of drug-likeness (QED) is 0.794. The maximum absolute atomic E-state index is 11.0. The molecule has 2 aromatic rings. The van der Waals surface area contributed by atoms with Crippen LogP contribution in [0.15, 0.2) is 29.0 Å². The van der Waals surface area contributed by atoms with Gasteiger partial charge >= 0.3 is 0 Å². The lowest BCUT2D eigenvalue weighted by molar-refractivity contribution is 0.111. The van der Waals surface area contributed by atoms with Crippen molar-refractivity contribution in [3.8, 4) is 5.75 Å².